The zero-order valence-corrected chi connectivity index (χ0v) is 15.0. The van der Waals surface area contributed by atoms with Crippen molar-refractivity contribution in [2.45, 2.75) is 39.2 Å². The first-order chi connectivity index (χ1) is 9.06. The second kappa shape index (κ2) is 9.58. The molecular formula is C12H28ClN3O4S. The topological polar surface area (TPSA) is 102 Å². The maximum Gasteiger partial charge on any atom is 0.306 e. The van der Waals surface area contributed by atoms with Gasteiger partial charge in [0, 0.05) is 25.7 Å². The van der Waals surface area contributed by atoms with Crippen LogP contribution < -0.4 is 10.5 Å². The quantitative estimate of drug-likeness (QED) is 0.592. The van der Waals surface area contributed by atoms with E-state index in [0.717, 1.165) is 4.31 Å². The molecule has 128 valence electrons. The summed E-state index contributed by atoms with van der Waals surface area (Å²) in [7, 11) is -1.00. The third kappa shape index (κ3) is 8.57. The molecule has 0 saturated heterocycles. The number of rotatable bonds is 9. The van der Waals surface area contributed by atoms with Gasteiger partial charge in [0.05, 0.1) is 13.5 Å². The van der Waals surface area contributed by atoms with Gasteiger partial charge in [0.1, 0.15) is 0 Å². The van der Waals surface area contributed by atoms with Gasteiger partial charge < -0.3 is 10.5 Å². The summed E-state index contributed by atoms with van der Waals surface area (Å²) in [5.41, 5.74) is 4.98. The van der Waals surface area contributed by atoms with Crippen LogP contribution in [0.4, 0.5) is 0 Å². The minimum absolute atomic E-state index is 0. The van der Waals surface area contributed by atoms with Crippen LogP contribution in [0.25, 0.3) is 0 Å². The molecule has 1 unspecified atom stereocenters. The molecule has 0 bridgehead atoms. The highest BCUT2D eigenvalue weighted by Gasteiger charge is 2.31. The van der Waals surface area contributed by atoms with E-state index >= 15 is 0 Å². The second-order valence-corrected chi connectivity index (χ2v) is 7.40. The van der Waals surface area contributed by atoms with E-state index in [0.29, 0.717) is 12.3 Å². The number of nitrogens with two attached hydrogens (primary N) is 1. The average molecular weight is 346 g/mol. The number of ether oxygens (including phenoxy) is 1. The molecule has 1 atom stereocenters. The van der Waals surface area contributed by atoms with E-state index in [2.05, 4.69) is 9.46 Å². The van der Waals surface area contributed by atoms with Crippen LogP contribution in [-0.4, -0.2) is 51.5 Å². The first-order valence-corrected chi connectivity index (χ1v) is 8.02. The smallest absolute Gasteiger partial charge is 0.306 e. The maximum atomic E-state index is 12.2. The fourth-order valence-corrected chi connectivity index (χ4v) is 3.20. The van der Waals surface area contributed by atoms with Gasteiger partial charge in [0.25, 0.3) is 10.2 Å². The molecule has 0 aliphatic heterocycles. The Morgan fingerprint density at radius 3 is 2.33 bits per heavy atom. The molecule has 0 aromatic carbocycles. The van der Waals surface area contributed by atoms with Gasteiger partial charge >= 0.3 is 5.97 Å². The molecule has 0 aliphatic rings. The van der Waals surface area contributed by atoms with Crippen molar-refractivity contribution in [1.82, 2.24) is 9.03 Å². The number of nitrogens with one attached hydrogen (secondary N) is 1. The lowest BCUT2D eigenvalue weighted by molar-refractivity contribution is -0.140. The van der Waals surface area contributed by atoms with Crippen LogP contribution in [0.1, 0.15) is 33.6 Å². The fraction of sp³-hybridized carbons (Fsp3) is 0.917. The Morgan fingerprint density at radius 1 is 1.43 bits per heavy atom. The summed E-state index contributed by atoms with van der Waals surface area (Å²) in [5, 5.41) is 0. The summed E-state index contributed by atoms with van der Waals surface area (Å²) in [6.45, 7) is 6.05. The van der Waals surface area contributed by atoms with E-state index < -0.39 is 21.7 Å². The highest BCUT2D eigenvalue weighted by Crippen LogP contribution is 2.17. The van der Waals surface area contributed by atoms with Crippen LogP contribution in [0.2, 0.25) is 0 Å². The molecular weight excluding hydrogens is 318 g/mol. The number of halogens is 1. The minimum Gasteiger partial charge on any atom is -0.469 e. The Morgan fingerprint density at radius 2 is 1.95 bits per heavy atom. The molecule has 0 aliphatic carbocycles. The minimum atomic E-state index is -3.68. The van der Waals surface area contributed by atoms with Crippen molar-refractivity contribution < 1.29 is 17.9 Å². The molecule has 3 N–H and O–H groups in total. The number of hydrogen-bond donors (Lipinski definition) is 2. The van der Waals surface area contributed by atoms with E-state index in [1.54, 1.807) is 6.92 Å². The Labute approximate surface area is 134 Å². The number of carbonyl (C=O) groups excluding carboxylic acids is 1. The predicted octanol–water partition coefficient (Wildman–Crippen LogP) is 0.501. The molecule has 0 rings (SSSR count). The normalized spacial score (nSPS) is 14.7. The molecule has 0 saturated carbocycles. The number of hydrogen-bond acceptors (Lipinski definition) is 5. The van der Waals surface area contributed by atoms with Crippen molar-refractivity contribution >= 4 is 28.6 Å². The SMILES string of the molecule is COC(=O)CCN(C)S(=O)(=O)NC(C)(CN)CC(C)C.Cl. The molecule has 0 fully saturated rings. The number of carbonyl (C=O) groups is 1. The molecule has 21 heavy (non-hydrogen) atoms. The van der Waals surface area contributed by atoms with E-state index in [9.17, 15) is 13.2 Å². The molecule has 0 spiro atoms. The van der Waals surface area contributed by atoms with Crippen LogP contribution in [-0.2, 0) is 19.7 Å². The van der Waals surface area contributed by atoms with E-state index in [-0.39, 0.29) is 31.9 Å². The monoisotopic (exact) mass is 345 g/mol. The number of nitrogens with zero attached hydrogens (tertiary/aromatic N) is 1. The van der Waals surface area contributed by atoms with Crippen molar-refractivity contribution in [3.8, 4) is 0 Å². The Hall–Kier alpha value is -0.410. The highest BCUT2D eigenvalue weighted by atomic mass is 35.5. The van der Waals surface area contributed by atoms with Gasteiger partial charge in [0.15, 0.2) is 0 Å². The van der Waals surface area contributed by atoms with Crippen molar-refractivity contribution in [2.24, 2.45) is 11.7 Å². The summed E-state index contributed by atoms with van der Waals surface area (Å²) < 4.78 is 32.6. The number of methoxy groups -OCH3 is 1. The zero-order valence-electron chi connectivity index (χ0n) is 13.4. The van der Waals surface area contributed by atoms with E-state index in [4.69, 9.17) is 5.73 Å². The third-order valence-corrected chi connectivity index (χ3v) is 4.71. The van der Waals surface area contributed by atoms with E-state index in [1.165, 1.54) is 14.2 Å². The van der Waals surface area contributed by atoms with Crippen molar-refractivity contribution in [3.63, 3.8) is 0 Å². The van der Waals surface area contributed by atoms with E-state index in [1.807, 2.05) is 13.8 Å². The maximum absolute atomic E-state index is 12.2. The summed E-state index contributed by atoms with van der Waals surface area (Å²) in [4.78, 5) is 11.0. The van der Waals surface area contributed by atoms with Crippen molar-refractivity contribution in [3.05, 3.63) is 0 Å². The van der Waals surface area contributed by atoms with Gasteiger partial charge in [-0.1, -0.05) is 13.8 Å². The van der Waals surface area contributed by atoms with Gasteiger partial charge in [0.2, 0.25) is 0 Å². The Balaban J connectivity index is 0. The summed E-state index contributed by atoms with van der Waals surface area (Å²) in [5.74, 6) is -0.137. The average Bonchev–Trinajstić information content (AvgIpc) is 2.33. The van der Waals surface area contributed by atoms with Crippen LogP contribution in [0.3, 0.4) is 0 Å². The summed E-state index contributed by atoms with van der Waals surface area (Å²) in [6, 6.07) is 0. The molecule has 0 radical (unpaired) electrons. The summed E-state index contributed by atoms with van der Waals surface area (Å²) >= 11 is 0. The third-order valence-electron chi connectivity index (χ3n) is 2.95. The lowest BCUT2D eigenvalue weighted by Crippen LogP contribution is -2.55. The highest BCUT2D eigenvalue weighted by molar-refractivity contribution is 7.87. The van der Waals surface area contributed by atoms with Crippen LogP contribution >= 0.6 is 12.4 Å². The van der Waals surface area contributed by atoms with Gasteiger partial charge in [-0.3, -0.25) is 4.79 Å². The Bertz CT molecular complexity index is 417. The standard InChI is InChI=1S/C12H27N3O4S.ClH/c1-10(2)8-12(3,9-13)14-20(17,18)15(4)7-6-11(16)19-5;/h10,14H,6-9,13H2,1-5H3;1H. The largest absolute Gasteiger partial charge is 0.469 e. The van der Waals surface area contributed by atoms with Crippen molar-refractivity contribution in [1.29, 1.82) is 0 Å². The molecule has 0 aromatic rings. The predicted molar refractivity (Wildman–Crippen MR) is 85.5 cm³/mol. The van der Waals surface area contributed by atoms with Gasteiger partial charge in [-0.25, -0.2) is 0 Å². The number of esters is 1. The summed E-state index contributed by atoms with van der Waals surface area (Å²) in [6.07, 6.45) is 0.644. The molecule has 7 nitrogen and oxygen atoms in total. The molecule has 0 amide bonds. The zero-order chi connectivity index (χ0) is 16.0. The van der Waals surface area contributed by atoms with Gasteiger partial charge in [-0.15, -0.1) is 12.4 Å². The van der Waals surface area contributed by atoms with Gasteiger partial charge in [-0.05, 0) is 19.3 Å². The van der Waals surface area contributed by atoms with Crippen LogP contribution in [0.15, 0.2) is 0 Å². The lowest BCUT2D eigenvalue weighted by atomic mass is 9.92. The second-order valence-electron chi connectivity index (χ2n) is 5.62. The fourth-order valence-electron chi connectivity index (χ4n) is 1.93. The molecule has 0 heterocycles. The van der Waals surface area contributed by atoms with Crippen LogP contribution in [0.5, 0.6) is 0 Å². The van der Waals surface area contributed by atoms with Gasteiger partial charge in [-0.2, -0.15) is 17.4 Å². The molecule has 9 heteroatoms. The first kappa shape index (κ1) is 22.9. The lowest BCUT2D eigenvalue weighted by Gasteiger charge is -2.32. The first-order valence-electron chi connectivity index (χ1n) is 6.58. The van der Waals surface area contributed by atoms with Crippen molar-refractivity contribution in [2.75, 3.05) is 27.2 Å². The Kier molecular flexibility index (Phi) is 10.4. The molecule has 0 aromatic heterocycles. The van der Waals surface area contributed by atoms with Crippen LogP contribution in [0, 0.1) is 5.92 Å².